The lowest BCUT2D eigenvalue weighted by atomic mass is 10.2. The third kappa shape index (κ3) is 2.10. The highest BCUT2D eigenvalue weighted by molar-refractivity contribution is 7.99. The van der Waals surface area contributed by atoms with Crippen LogP contribution in [0.25, 0.3) is 0 Å². The van der Waals surface area contributed by atoms with E-state index in [1.54, 1.807) is 11.8 Å². The number of benzene rings is 1. The van der Waals surface area contributed by atoms with E-state index in [1.807, 2.05) is 31.2 Å². The number of fused-ring (bicyclic) bond motifs is 1. The highest BCUT2D eigenvalue weighted by Gasteiger charge is 2.23. The second-order valence-corrected chi connectivity index (χ2v) is 5.90. The van der Waals surface area contributed by atoms with E-state index >= 15 is 0 Å². The average Bonchev–Trinajstić information content (AvgIpc) is 2.88. The summed E-state index contributed by atoms with van der Waals surface area (Å²) in [6.07, 6.45) is 0. The highest BCUT2D eigenvalue weighted by atomic mass is 32.2. The Balaban J connectivity index is 1.73. The minimum Gasteiger partial charge on any atom is -0.485 e. The standard InChI is InChI=1S/C13H15N3OS/c1-9-5-3-4-6-11(9)17-8-12-14-15-13-16(12)7-10(2)18-13/h3-6,10H,7-8H2,1-2H3/t10-/m0/s1. The second kappa shape index (κ2) is 4.65. The van der Waals surface area contributed by atoms with Crippen LogP contribution < -0.4 is 4.74 Å². The molecule has 0 spiro atoms. The summed E-state index contributed by atoms with van der Waals surface area (Å²) in [7, 11) is 0. The van der Waals surface area contributed by atoms with Crippen molar-refractivity contribution in [3.05, 3.63) is 35.7 Å². The minimum absolute atomic E-state index is 0.477. The van der Waals surface area contributed by atoms with Gasteiger partial charge in [-0.05, 0) is 18.6 Å². The summed E-state index contributed by atoms with van der Waals surface area (Å²) in [5, 5.41) is 9.94. The molecule has 0 unspecified atom stereocenters. The van der Waals surface area contributed by atoms with Gasteiger partial charge in [0.2, 0.25) is 0 Å². The summed E-state index contributed by atoms with van der Waals surface area (Å²) in [5.74, 6) is 1.82. The fourth-order valence-electron chi connectivity index (χ4n) is 2.03. The van der Waals surface area contributed by atoms with E-state index in [0.717, 1.165) is 28.8 Å². The molecule has 0 N–H and O–H groups in total. The van der Waals surface area contributed by atoms with Crippen LogP contribution in [-0.4, -0.2) is 20.0 Å². The van der Waals surface area contributed by atoms with Crippen LogP contribution in [0, 0.1) is 6.92 Å². The van der Waals surface area contributed by atoms with Crippen molar-refractivity contribution in [2.24, 2.45) is 0 Å². The Morgan fingerprint density at radius 3 is 3.06 bits per heavy atom. The molecule has 1 aliphatic rings. The van der Waals surface area contributed by atoms with Crippen molar-refractivity contribution >= 4 is 11.8 Å². The van der Waals surface area contributed by atoms with Gasteiger partial charge in [0, 0.05) is 11.8 Å². The average molecular weight is 261 g/mol. The molecule has 0 fully saturated rings. The van der Waals surface area contributed by atoms with Crippen LogP contribution in [0.3, 0.4) is 0 Å². The molecule has 0 radical (unpaired) electrons. The smallest absolute Gasteiger partial charge is 0.191 e. The quantitative estimate of drug-likeness (QED) is 0.851. The van der Waals surface area contributed by atoms with Crippen LogP contribution >= 0.6 is 11.8 Å². The van der Waals surface area contributed by atoms with Crippen molar-refractivity contribution in [1.82, 2.24) is 14.8 Å². The molecule has 2 heterocycles. The molecule has 2 aromatic rings. The van der Waals surface area contributed by atoms with Crippen LogP contribution in [0.4, 0.5) is 0 Å². The van der Waals surface area contributed by atoms with Gasteiger partial charge in [0.15, 0.2) is 11.0 Å². The maximum absolute atomic E-state index is 5.81. The van der Waals surface area contributed by atoms with Crippen molar-refractivity contribution in [2.75, 3.05) is 0 Å². The molecule has 94 valence electrons. The first-order chi connectivity index (χ1) is 8.74. The summed E-state index contributed by atoms with van der Waals surface area (Å²) in [5.41, 5.74) is 1.14. The molecule has 18 heavy (non-hydrogen) atoms. The van der Waals surface area contributed by atoms with Crippen LogP contribution in [0.15, 0.2) is 29.4 Å². The van der Waals surface area contributed by atoms with Gasteiger partial charge in [-0.25, -0.2) is 0 Å². The van der Waals surface area contributed by atoms with E-state index < -0.39 is 0 Å². The number of aromatic nitrogens is 3. The lowest BCUT2D eigenvalue weighted by molar-refractivity contribution is 0.286. The van der Waals surface area contributed by atoms with E-state index in [2.05, 4.69) is 21.7 Å². The monoisotopic (exact) mass is 261 g/mol. The summed E-state index contributed by atoms with van der Waals surface area (Å²) in [4.78, 5) is 0. The van der Waals surface area contributed by atoms with Gasteiger partial charge in [-0.3, -0.25) is 0 Å². The number of aryl methyl sites for hydroxylation is 1. The molecular formula is C13H15N3OS. The van der Waals surface area contributed by atoms with E-state index in [0.29, 0.717) is 11.9 Å². The van der Waals surface area contributed by atoms with Crippen molar-refractivity contribution in [3.8, 4) is 5.75 Å². The topological polar surface area (TPSA) is 39.9 Å². The number of rotatable bonds is 3. The number of nitrogens with zero attached hydrogens (tertiary/aromatic N) is 3. The molecule has 1 atom stereocenters. The maximum Gasteiger partial charge on any atom is 0.191 e. The zero-order valence-electron chi connectivity index (χ0n) is 10.5. The van der Waals surface area contributed by atoms with Crippen LogP contribution in [0.1, 0.15) is 18.3 Å². The third-order valence-electron chi connectivity index (χ3n) is 2.99. The molecule has 1 aliphatic heterocycles. The Hall–Kier alpha value is -1.49. The first kappa shape index (κ1) is 11.6. The highest BCUT2D eigenvalue weighted by Crippen LogP contribution is 2.31. The zero-order valence-corrected chi connectivity index (χ0v) is 11.3. The van der Waals surface area contributed by atoms with Crippen molar-refractivity contribution in [3.63, 3.8) is 0 Å². The maximum atomic E-state index is 5.81. The summed E-state index contributed by atoms with van der Waals surface area (Å²) < 4.78 is 7.96. The van der Waals surface area contributed by atoms with Crippen LogP contribution in [0.5, 0.6) is 5.75 Å². The van der Waals surface area contributed by atoms with Crippen molar-refractivity contribution in [2.45, 2.75) is 37.4 Å². The molecule has 1 aromatic carbocycles. The predicted octanol–water partition coefficient (Wildman–Crippen LogP) is 2.66. The summed E-state index contributed by atoms with van der Waals surface area (Å²) in [6, 6.07) is 8.01. The lowest BCUT2D eigenvalue weighted by Gasteiger charge is -2.08. The molecule has 0 saturated heterocycles. The van der Waals surface area contributed by atoms with Gasteiger partial charge in [0.1, 0.15) is 12.4 Å². The molecular weight excluding hydrogens is 246 g/mol. The van der Waals surface area contributed by atoms with Gasteiger partial charge in [-0.1, -0.05) is 36.9 Å². The first-order valence-corrected chi connectivity index (χ1v) is 6.89. The van der Waals surface area contributed by atoms with Gasteiger partial charge in [0.05, 0.1) is 0 Å². The molecule has 0 aliphatic carbocycles. The van der Waals surface area contributed by atoms with E-state index in [1.165, 1.54) is 0 Å². The van der Waals surface area contributed by atoms with Gasteiger partial charge in [-0.2, -0.15) is 0 Å². The van der Waals surface area contributed by atoms with Gasteiger partial charge in [-0.15, -0.1) is 10.2 Å². The Morgan fingerprint density at radius 1 is 1.39 bits per heavy atom. The van der Waals surface area contributed by atoms with Crippen LogP contribution in [0.2, 0.25) is 0 Å². The Bertz CT molecular complexity index is 567. The van der Waals surface area contributed by atoms with Gasteiger partial charge in [0.25, 0.3) is 0 Å². The van der Waals surface area contributed by atoms with E-state index in [-0.39, 0.29) is 0 Å². The Morgan fingerprint density at radius 2 is 2.22 bits per heavy atom. The number of hydrogen-bond acceptors (Lipinski definition) is 4. The SMILES string of the molecule is Cc1ccccc1OCc1nnc2n1C[C@H](C)S2. The normalized spacial score (nSPS) is 17.8. The summed E-state index contributed by atoms with van der Waals surface area (Å²) in [6.45, 7) is 5.69. The molecule has 1 aromatic heterocycles. The third-order valence-corrected chi connectivity index (χ3v) is 4.05. The predicted molar refractivity (Wildman–Crippen MR) is 70.9 cm³/mol. The number of ether oxygens (including phenoxy) is 1. The zero-order chi connectivity index (χ0) is 12.5. The Labute approximate surface area is 110 Å². The van der Waals surface area contributed by atoms with Gasteiger partial charge >= 0.3 is 0 Å². The number of para-hydroxylation sites is 1. The molecule has 4 nitrogen and oxygen atoms in total. The van der Waals surface area contributed by atoms with E-state index in [4.69, 9.17) is 4.74 Å². The fraction of sp³-hybridized carbons (Fsp3) is 0.385. The lowest BCUT2D eigenvalue weighted by Crippen LogP contribution is -2.09. The number of hydrogen-bond donors (Lipinski definition) is 0. The fourth-order valence-corrected chi connectivity index (χ4v) is 3.01. The Kier molecular flexibility index (Phi) is 2.99. The number of thioether (sulfide) groups is 1. The largest absolute Gasteiger partial charge is 0.485 e. The summed E-state index contributed by atoms with van der Waals surface area (Å²) >= 11 is 1.77. The molecule has 3 rings (SSSR count). The molecule has 0 bridgehead atoms. The second-order valence-electron chi connectivity index (χ2n) is 4.49. The van der Waals surface area contributed by atoms with Crippen molar-refractivity contribution in [1.29, 1.82) is 0 Å². The molecule has 5 heteroatoms. The van der Waals surface area contributed by atoms with Crippen molar-refractivity contribution < 1.29 is 4.74 Å². The van der Waals surface area contributed by atoms with E-state index in [9.17, 15) is 0 Å². The molecule has 0 saturated carbocycles. The first-order valence-electron chi connectivity index (χ1n) is 6.01. The van der Waals surface area contributed by atoms with Gasteiger partial charge < -0.3 is 9.30 Å². The minimum atomic E-state index is 0.477. The molecule has 0 amide bonds. The van der Waals surface area contributed by atoms with Crippen LogP contribution in [-0.2, 0) is 13.2 Å².